The second-order valence-electron chi connectivity index (χ2n) is 3.09. The van der Waals surface area contributed by atoms with E-state index in [1.165, 1.54) is 0 Å². The number of hydrogen-bond acceptors (Lipinski definition) is 4. The van der Waals surface area contributed by atoms with Crippen LogP contribution < -0.4 is 0 Å². The van der Waals surface area contributed by atoms with E-state index in [2.05, 4.69) is 31.1 Å². The minimum absolute atomic E-state index is 0.564. The first-order chi connectivity index (χ1) is 7.83. The van der Waals surface area contributed by atoms with E-state index in [-0.39, 0.29) is 0 Å². The largest absolute Gasteiger partial charge is 0.446 e. The molecule has 0 saturated heterocycles. The molecular weight excluding hydrogens is 290 g/mol. The predicted octanol–water partition coefficient (Wildman–Crippen LogP) is 3.56. The average molecular weight is 296 g/mol. The Bertz CT molecular complexity index is 599. The Labute approximate surface area is 103 Å². The minimum atomic E-state index is 0.564. The Morgan fingerprint density at radius 3 is 2.94 bits per heavy atom. The molecule has 0 fully saturated rings. The van der Waals surface area contributed by atoms with Gasteiger partial charge in [-0.15, -0.1) is 16.4 Å². The third kappa shape index (κ3) is 1.70. The van der Waals surface area contributed by atoms with Gasteiger partial charge in [0, 0.05) is 0 Å². The highest BCUT2D eigenvalue weighted by molar-refractivity contribution is 9.10. The Kier molecular flexibility index (Phi) is 2.37. The molecule has 0 amide bonds. The summed E-state index contributed by atoms with van der Waals surface area (Å²) in [6.45, 7) is 0. The van der Waals surface area contributed by atoms with Gasteiger partial charge in [0.15, 0.2) is 16.3 Å². The van der Waals surface area contributed by atoms with Crippen molar-refractivity contribution in [1.82, 2.24) is 15.2 Å². The molecule has 0 spiro atoms. The van der Waals surface area contributed by atoms with Gasteiger partial charge in [-0.25, -0.2) is 4.98 Å². The molecule has 0 saturated carbocycles. The molecule has 6 heteroatoms. The van der Waals surface area contributed by atoms with E-state index in [1.54, 1.807) is 11.3 Å². The summed E-state index contributed by atoms with van der Waals surface area (Å²) in [5.41, 5.74) is 0. The molecule has 3 aromatic rings. The smallest absolute Gasteiger partial charge is 0.217 e. The van der Waals surface area contributed by atoms with Crippen LogP contribution in [0.1, 0.15) is 0 Å². The van der Waals surface area contributed by atoms with Crippen molar-refractivity contribution in [2.24, 2.45) is 0 Å². The zero-order valence-electron chi connectivity index (χ0n) is 7.98. The minimum Gasteiger partial charge on any atom is -0.446 e. The maximum absolute atomic E-state index is 5.38. The fraction of sp³-hybridized carbons (Fsp3) is 0. The lowest BCUT2D eigenvalue weighted by Gasteiger charge is -1.86. The predicted molar refractivity (Wildman–Crippen MR) is 65.1 cm³/mol. The molecule has 0 aliphatic rings. The van der Waals surface area contributed by atoms with Gasteiger partial charge in [0.25, 0.3) is 0 Å². The number of thiophene rings is 1. The molecular formula is C10H6BrN3OS. The van der Waals surface area contributed by atoms with Crippen LogP contribution in [0.15, 0.2) is 38.7 Å². The van der Waals surface area contributed by atoms with E-state index in [0.717, 1.165) is 10.7 Å². The van der Waals surface area contributed by atoms with Gasteiger partial charge in [-0.3, -0.25) is 5.10 Å². The Hall–Kier alpha value is -1.40. The van der Waals surface area contributed by atoms with Gasteiger partial charge in [-0.2, -0.15) is 0 Å². The molecule has 0 bridgehead atoms. The van der Waals surface area contributed by atoms with Crippen LogP contribution in [-0.2, 0) is 0 Å². The molecule has 1 N–H and O–H groups in total. The second kappa shape index (κ2) is 3.88. The maximum atomic E-state index is 5.38. The molecule has 0 atom stereocenters. The number of furan rings is 1. The molecule has 0 aliphatic heterocycles. The highest BCUT2D eigenvalue weighted by atomic mass is 79.9. The molecule has 16 heavy (non-hydrogen) atoms. The van der Waals surface area contributed by atoms with E-state index >= 15 is 0 Å². The summed E-state index contributed by atoms with van der Waals surface area (Å²) in [6.07, 6.45) is 0. The number of halogens is 1. The van der Waals surface area contributed by atoms with E-state index in [0.29, 0.717) is 16.3 Å². The van der Waals surface area contributed by atoms with Crippen LogP contribution in [0.5, 0.6) is 0 Å². The van der Waals surface area contributed by atoms with Crippen LogP contribution in [0.25, 0.3) is 22.3 Å². The molecule has 3 rings (SSSR count). The first-order valence-electron chi connectivity index (χ1n) is 4.55. The summed E-state index contributed by atoms with van der Waals surface area (Å²) >= 11 is 4.86. The van der Waals surface area contributed by atoms with Gasteiger partial charge in [0.05, 0.1) is 4.88 Å². The van der Waals surface area contributed by atoms with Crippen LogP contribution in [0.3, 0.4) is 0 Å². The third-order valence-electron chi connectivity index (χ3n) is 2.03. The summed E-state index contributed by atoms with van der Waals surface area (Å²) in [4.78, 5) is 5.43. The summed E-state index contributed by atoms with van der Waals surface area (Å²) < 4.78 is 6.05. The van der Waals surface area contributed by atoms with Crippen LogP contribution in [-0.4, -0.2) is 15.2 Å². The quantitative estimate of drug-likeness (QED) is 0.786. The molecule has 0 aromatic carbocycles. The SMILES string of the molecule is Brc1ccc(-c2n[nH]c(-c3cccs3)n2)o1. The normalized spacial score (nSPS) is 10.8. The molecule has 4 nitrogen and oxygen atoms in total. The Balaban J connectivity index is 2.00. The van der Waals surface area contributed by atoms with Crippen molar-refractivity contribution in [2.75, 3.05) is 0 Å². The summed E-state index contributed by atoms with van der Waals surface area (Å²) in [7, 11) is 0. The van der Waals surface area contributed by atoms with Gasteiger partial charge in [0.2, 0.25) is 5.82 Å². The van der Waals surface area contributed by atoms with Gasteiger partial charge in [0.1, 0.15) is 0 Å². The zero-order valence-corrected chi connectivity index (χ0v) is 10.4. The Morgan fingerprint density at radius 2 is 2.25 bits per heavy atom. The highest BCUT2D eigenvalue weighted by Crippen LogP contribution is 2.25. The van der Waals surface area contributed by atoms with Crippen LogP contribution in [0, 0.1) is 0 Å². The van der Waals surface area contributed by atoms with Crippen molar-refractivity contribution >= 4 is 27.3 Å². The lowest BCUT2D eigenvalue weighted by molar-refractivity contribution is 0.551. The van der Waals surface area contributed by atoms with Gasteiger partial charge in [-0.05, 0) is 39.5 Å². The highest BCUT2D eigenvalue weighted by Gasteiger charge is 2.11. The third-order valence-corrected chi connectivity index (χ3v) is 3.34. The fourth-order valence-electron chi connectivity index (χ4n) is 1.33. The van der Waals surface area contributed by atoms with Crippen molar-refractivity contribution in [1.29, 1.82) is 0 Å². The average Bonchev–Trinajstić information content (AvgIpc) is 2.97. The molecule has 0 radical (unpaired) electrons. The van der Waals surface area contributed by atoms with Crippen molar-refractivity contribution in [3.63, 3.8) is 0 Å². The zero-order chi connectivity index (χ0) is 11.0. The second-order valence-corrected chi connectivity index (χ2v) is 4.82. The van der Waals surface area contributed by atoms with Crippen molar-refractivity contribution < 1.29 is 4.42 Å². The van der Waals surface area contributed by atoms with Gasteiger partial charge >= 0.3 is 0 Å². The van der Waals surface area contributed by atoms with Gasteiger partial charge < -0.3 is 4.42 Å². The van der Waals surface area contributed by atoms with Crippen molar-refractivity contribution in [3.8, 4) is 22.3 Å². The molecule has 80 valence electrons. The van der Waals surface area contributed by atoms with Crippen molar-refractivity contribution in [3.05, 3.63) is 34.3 Å². The number of aromatic nitrogens is 3. The number of H-pyrrole nitrogens is 1. The van der Waals surface area contributed by atoms with E-state index in [1.807, 2.05) is 29.6 Å². The Morgan fingerprint density at radius 1 is 1.31 bits per heavy atom. The summed E-state index contributed by atoms with van der Waals surface area (Å²) in [5, 5.41) is 9.00. The molecule has 0 aliphatic carbocycles. The number of nitrogens with zero attached hydrogens (tertiary/aromatic N) is 2. The summed E-state index contributed by atoms with van der Waals surface area (Å²) in [6, 6.07) is 7.61. The maximum Gasteiger partial charge on any atom is 0.217 e. The topological polar surface area (TPSA) is 54.7 Å². The lowest BCUT2D eigenvalue weighted by Crippen LogP contribution is -1.75. The first-order valence-corrected chi connectivity index (χ1v) is 6.22. The standard InChI is InChI=1S/C10H6BrN3OS/c11-8-4-3-6(15-8)9-12-10(14-13-9)7-2-1-5-16-7/h1-5H,(H,12,13,14). The van der Waals surface area contributed by atoms with E-state index < -0.39 is 0 Å². The number of hydrogen-bond donors (Lipinski definition) is 1. The summed E-state index contributed by atoms with van der Waals surface area (Å²) in [5.74, 6) is 1.97. The lowest BCUT2D eigenvalue weighted by atomic mass is 10.4. The molecule has 3 heterocycles. The molecule has 3 aromatic heterocycles. The van der Waals surface area contributed by atoms with Crippen LogP contribution >= 0.6 is 27.3 Å². The van der Waals surface area contributed by atoms with Crippen molar-refractivity contribution in [2.45, 2.75) is 0 Å². The van der Waals surface area contributed by atoms with E-state index in [4.69, 9.17) is 4.42 Å². The van der Waals surface area contributed by atoms with E-state index in [9.17, 15) is 0 Å². The number of rotatable bonds is 2. The first kappa shape index (κ1) is 9.80. The van der Waals surface area contributed by atoms with Gasteiger partial charge in [-0.1, -0.05) is 6.07 Å². The fourth-order valence-corrected chi connectivity index (χ4v) is 2.30. The monoisotopic (exact) mass is 295 g/mol. The van der Waals surface area contributed by atoms with Crippen LogP contribution in [0.4, 0.5) is 0 Å². The number of aromatic amines is 1. The number of nitrogens with one attached hydrogen (secondary N) is 1. The van der Waals surface area contributed by atoms with Crippen LogP contribution in [0.2, 0.25) is 0 Å². The molecule has 0 unspecified atom stereocenters.